The lowest BCUT2D eigenvalue weighted by Gasteiger charge is -2.09. The minimum absolute atomic E-state index is 0.0746. The molecule has 0 saturated heterocycles. The van der Waals surface area contributed by atoms with Gasteiger partial charge in [0.15, 0.2) is 0 Å². The van der Waals surface area contributed by atoms with E-state index in [9.17, 15) is 13.2 Å². The van der Waals surface area contributed by atoms with Gasteiger partial charge in [-0.15, -0.1) is 0 Å². The molecule has 3 rings (SSSR count). The monoisotopic (exact) mass is 379 g/mol. The fourth-order valence-corrected chi connectivity index (χ4v) is 4.01. The van der Waals surface area contributed by atoms with Gasteiger partial charge in [-0.1, -0.05) is 18.2 Å². The molecule has 0 radical (unpaired) electrons. The minimum Gasteiger partial charge on any atom is -0.478 e. The van der Waals surface area contributed by atoms with E-state index in [2.05, 4.69) is 15.9 Å². The smallest absolute Gasteiger partial charge is 0.336 e. The number of aromatic nitrogens is 1. The zero-order valence-electron chi connectivity index (χ0n) is 11.1. The van der Waals surface area contributed by atoms with Crippen molar-refractivity contribution in [3.05, 3.63) is 64.8 Å². The summed E-state index contributed by atoms with van der Waals surface area (Å²) in [6.45, 7) is 0. The van der Waals surface area contributed by atoms with Crippen LogP contribution in [0, 0.1) is 0 Å². The molecule has 0 amide bonds. The maximum atomic E-state index is 12.7. The molecule has 22 heavy (non-hydrogen) atoms. The van der Waals surface area contributed by atoms with Gasteiger partial charge in [0, 0.05) is 16.1 Å². The summed E-state index contributed by atoms with van der Waals surface area (Å²) in [7, 11) is -3.86. The van der Waals surface area contributed by atoms with Crippen molar-refractivity contribution >= 4 is 42.8 Å². The van der Waals surface area contributed by atoms with E-state index < -0.39 is 16.0 Å². The van der Waals surface area contributed by atoms with Crippen LogP contribution in [-0.4, -0.2) is 23.5 Å². The maximum absolute atomic E-state index is 12.7. The van der Waals surface area contributed by atoms with Crippen molar-refractivity contribution in [2.24, 2.45) is 0 Å². The molecule has 0 atom stereocenters. The summed E-state index contributed by atoms with van der Waals surface area (Å²) >= 11 is 3.10. The van der Waals surface area contributed by atoms with Crippen LogP contribution in [0.1, 0.15) is 10.4 Å². The van der Waals surface area contributed by atoms with Crippen molar-refractivity contribution < 1.29 is 18.3 Å². The summed E-state index contributed by atoms with van der Waals surface area (Å²) in [6.07, 6.45) is 1.46. The zero-order valence-corrected chi connectivity index (χ0v) is 13.5. The lowest BCUT2D eigenvalue weighted by Crippen LogP contribution is -2.13. The van der Waals surface area contributed by atoms with Gasteiger partial charge in [-0.25, -0.2) is 17.2 Å². The predicted molar refractivity (Wildman–Crippen MR) is 85.6 cm³/mol. The van der Waals surface area contributed by atoms with Gasteiger partial charge in [0.25, 0.3) is 10.0 Å². The molecule has 1 heterocycles. The minimum atomic E-state index is -3.86. The molecule has 0 fully saturated rings. The average molecular weight is 380 g/mol. The van der Waals surface area contributed by atoms with E-state index in [1.54, 1.807) is 18.2 Å². The molecule has 5 nitrogen and oxygen atoms in total. The number of para-hydroxylation sites is 1. The first-order valence-corrected chi connectivity index (χ1v) is 8.49. The highest BCUT2D eigenvalue weighted by atomic mass is 79.9. The van der Waals surface area contributed by atoms with Crippen LogP contribution in [0.3, 0.4) is 0 Å². The first-order chi connectivity index (χ1) is 10.4. The fraction of sp³-hybridized carbons (Fsp3) is 0. The number of halogens is 1. The van der Waals surface area contributed by atoms with Gasteiger partial charge in [-0.05, 0) is 46.3 Å². The van der Waals surface area contributed by atoms with Crippen LogP contribution >= 0.6 is 15.9 Å². The molecule has 0 bridgehead atoms. The van der Waals surface area contributed by atoms with E-state index in [1.807, 2.05) is 12.1 Å². The van der Waals surface area contributed by atoms with Crippen molar-refractivity contribution in [1.29, 1.82) is 0 Å². The standard InChI is InChI=1S/C15H10BrNO4S/c16-13-6-5-11(9-12(13)15(18)19)22(20,21)17-8-7-10-3-1-2-4-14(10)17/h1-9H,(H,18,19). The van der Waals surface area contributed by atoms with Crippen molar-refractivity contribution in [2.75, 3.05) is 0 Å². The Balaban J connectivity index is 2.22. The van der Waals surface area contributed by atoms with Crippen molar-refractivity contribution in [1.82, 2.24) is 3.97 Å². The Morgan fingerprint density at radius 1 is 1.09 bits per heavy atom. The zero-order chi connectivity index (χ0) is 15.9. The first kappa shape index (κ1) is 14.8. The van der Waals surface area contributed by atoms with Crippen molar-refractivity contribution in [3.63, 3.8) is 0 Å². The lowest BCUT2D eigenvalue weighted by atomic mass is 10.2. The highest BCUT2D eigenvalue weighted by Crippen LogP contribution is 2.25. The SMILES string of the molecule is O=C(O)c1cc(S(=O)(=O)n2ccc3ccccc32)ccc1Br. The number of carboxylic acids is 1. The number of nitrogens with zero attached hydrogens (tertiary/aromatic N) is 1. The van der Waals surface area contributed by atoms with Crippen LogP contribution in [0.2, 0.25) is 0 Å². The topological polar surface area (TPSA) is 76.4 Å². The molecular weight excluding hydrogens is 370 g/mol. The molecule has 0 unspecified atom stereocenters. The second-order valence-corrected chi connectivity index (χ2v) is 7.29. The second kappa shape index (κ2) is 5.26. The highest BCUT2D eigenvalue weighted by molar-refractivity contribution is 9.10. The molecular formula is C15H10BrNO4S. The third-order valence-electron chi connectivity index (χ3n) is 3.29. The fourth-order valence-electron chi connectivity index (χ4n) is 2.21. The molecule has 0 aliphatic heterocycles. The quantitative estimate of drug-likeness (QED) is 0.756. The van der Waals surface area contributed by atoms with Crippen LogP contribution in [0.4, 0.5) is 0 Å². The van der Waals surface area contributed by atoms with Gasteiger partial charge < -0.3 is 5.11 Å². The van der Waals surface area contributed by atoms with Gasteiger partial charge in [0.1, 0.15) is 0 Å². The summed E-state index contributed by atoms with van der Waals surface area (Å²) in [5, 5.41) is 9.92. The molecule has 0 aliphatic carbocycles. The van der Waals surface area contributed by atoms with Gasteiger partial charge in [0.05, 0.1) is 16.0 Å². The summed E-state index contributed by atoms with van der Waals surface area (Å²) in [6, 6.07) is 12.7. The van der Waals surface area contributed by atoms with Gasteiger partial charge >= 0.3 is 5.97 Å². The van der Waals surface area contributed by atoms with Crippen LogP contribution < -0.4 is 0 Å². The molecule has 0 aliphatic rings. The number of aromatic carboxylic acids is 1. The van der Waals surface area contributed by atoms with Crippen LogP contribution in [0.5, 0.6) is 0 Å². The number of fused-ring (bicyclic) bond motifs is 1. The van der Waals surface area contributed by atoms with Crippen LogP contribution in [0.25, 0.3) is 10.9 Å². The van der Waals surface area contributed by atoms with Gasteiger partial charge in [-0.2, -0.15) is 0 Å². The van der Waals surface area contributed by atoms with E-state index in [0.29, 0.717) is 9.99 Å². The number of benzene rings is 2. The molecule has 3 aromatic rings. The number of carbonyl (C=O) groups is 1. The molecule has 7 heteroatoms. The molecule has 1 aromatic heterocycles. The molecule has 0 spiro atoms. The Bertz CT molecular complexity index is 992. The Hall–Kier alpha value is -2.12. The van der Waals surface area contributed by atoms with E-state index in [4.69, 9.17) is 5.11 Å². The Labute approximate surface area is 135 Å². The highest BCUT2D eigenvalue weighted by Gasteiger charge is 2.21. The molecule has 2 aromatic carbocycles. The summed E-state index contributed by atoms with van der Waals surface area (Å²) in [4.78, 5) is 11.1. The predicted octanol–water partition coefficient (Wildman–Crippen LogP) is 3.34. The van der Waals surface area contributed by atoms with Gasteiger partial charge in [-0.3, -0.25) is 0 Å². The third-order valence-corrected chi connectivity index (χ3v) is 5.67. The Kier molecular flexibility index (Phi) is 3.54. The number of hydrogen-bond donors (Lipinski definition) is 1. The molecule has 1 N–H and O–H groups in total. The summed E-state index contributed by atoms with van der Waals surface area (Å²) < 4.78 is 27.0. The van der Waals surface area contributed by atoms with Crippen LogP contribution in [-0.2, 0) is 10.0 Å². The maximum Gasteiger partial charge on any atom is 0.336 e. The Morgan fingerprint density at radius 2 is 1.82 bits per heavy atom. The second-order valence-electron chi connectivity index (χ2n) is 4.62. The molecule has 112 valence electrons. The van der Waals surface area contributed by atoms with E-state index in [0.717, 1.165) is 15.4 Å². The van der Waals surface area contributed by atoms with Gasteiger partial charge in [0.2, 0.25) is 0 Å². The molecule has 0 saturated carbocycles. The normalized spacial score (nSPS) is 11.7. The summed E-state index contributed by atoms with van der Waals surface area (Å²) in [5.74, 6) is -1.19. The first-order valence-electron chi connectivity index (χ1n) is 6.26. The van der Waals surface area contributed by atoms with Crippen LogP contribution in [0.15, 0.2) is 64.1 Å². The summed E-state index contributed by atoms with van der Waals surface area (Å²) in [5.41, 5.74) is 0.444. The lowest BCUT2D eigenvalue weighted by molar-refractivity contribution is 0.0695. The van der Waals surface area contributed by atoms with E-state index in [-0.39, 0.29) is 10.5 Å². The van der Waals surface area contributed by atoms with Crippen molar-refractivity contribution in [3.8, 4) is 0 Å². The third kappa shape index (κ3) is 2.32. The number of rotatable bonds is 3. The van der Waals surface area contributed by atoms with E-state index in [1.165, 1.54) is 18.3 Å². The Morgan fingerprint density at radius 3 is 2.55 bits per heavy atom. The number of hydrogen-bond acceptors (Lipinski definition) is 3. The van der Waals surface area contributed by atoms with E-state index >= 15 is 0 Å². The number of carboxylic acid groups (broad SMARTS) is 1. The van der Waals surface area contributed by atoms with Crippen molar-refractivity contribution in [2.45, 2.75) is 4.90 Å². The average Bonchev–Trinajstić information content (AvgIpc) is 2.91. The largest absolute Gasteiger partial charge is 0.478 e.